The van der Waals surface area contributed by atoms with Crippen LogP contribution in [-0.4, -0.2) is 20.2 Å². The van der Waals surface area contributed by atoms with Gasteiger partial charge in [0, 0.05) is 5.56 Å². The summed E-state index contributed by atoms with van der Waals surface area (Å²) in [5, 5.41) is 11.5. The Labute approximate surface area is 135 Å². The topological polar surface area (TPSA) is 58.6 Å². The highest BCUT2D eigenvalue weighted by molar-refractivity contribution is 5.93. The first-order valence-electron chi connectivity index (χ1n) is 7.58. The Bertz CT molecular complexity index is 806. The van der Waals surface area contributed by atoms with Gasteiger partial charge in [-0.3, -0.25) is 0 Å². The van der Waals surface area contributed by atoms with E-state index < -0.39 is 5.97 Å². The van der Waals surface area contributed by atoms with Crippen LogP contribution in [-0.2, 0) is 12.8 Å². The van der Waals surface area contributed by atoms with Crippen LogP contribution in [0.2, 0.25) is 0 Å². The molecule has 120 valence electrons. The van der Waals surface area contributed by atoms with Gasteiger partial charge >= 0.3 is 0 Å². The van der Waals surface area contributed by atoms with Gasteiger partial charge in [0.2, 0.25) is 0 Å². The summed E-state index contributed by atoms with van der Waals surface area (Å²) in [4.78, 5) is 11.5. The molecule has 1 aliphatic carbocycles. The van der Waals surface area contributed by atoms with Crippen LogP contribution in [0.3, 0.4) is 0 Å². The minimum Gasteiger partial charge on any atom is -0.545 e. The molecule has 0 heterocycles. The van der Waals surface area contributed by atoms with Crippen molar-refractivity contribution in [3.8, 4) is 22.6 Å². The molecule has 0 aromatic heterocycles. The fourth-order valence-electron chi connectivity index (χ4n) is 3.60. The predicted octanol–water partition coefficient (Wildman–Crippen LogP) is 2.45. The van der Waals surface area contributed by atoms with Crippen molar-refractivity contribution in [3.63, 3.8) is 0 Å². The van der Waals surface area contributed by atoms with E-state index in [2.05, 4.69) is 0 Å². The van der Waals surface area contributed by atoms with Gasteiger partial charge < -0.3 is 19.4 Å². The van der Waals surface area contributed by atoms with Crippen LogP contribution in [0, 0.1) is 13.8 Å². The van der Waals surface area contributed by atoms with Gasteiger partial charge in [0.25, 0.3) is 0 Å². The highest BCUT2D eigenvalue weighted by Crippen LogP contribution is 2.42. The second kappa shape index (κ2) is 5.61. The molecule has 0 atom stereocenters. The van der Waals surface area contributed by atoms with E-state index in [1.165, 1.54) is 12.7 Å². The number of benzene rings is 2. The van der Waals surface area contributed by atoms with Gasteiger partial charge in [0.15, 0.2) is 0 Å². The molecule has 0 unspecified atom stereocenters. The lowest BCUT2D eigenvalue weighted by molar-refractivity contribution is -0.255. The first-order chi connectivity index (χ1) is 11.0. The van der Waals surface area contributed by atoms with Crippen LogP contribution in [0.5, 0.6) is 11.5 Å². The number of carboxylic acid groups (broad SMARTS) is 1. The Hall–Kier alpha value is -2.49. The van der Waals surface area contributed by atoms with Crippen molar-refractivity contribution < 1.29 is 19.4 Å². The molecule has 2 aromatic rings. The molecule has 3 rings (SSSR count). The summed E-state index contributed by atoms with van der Waals surface area (Å²) >= 11 is 0. The molecule has 0 saturated carbocycles. The van der Waals surface area contributed by atoms with Gasteiger partial charge in [-0.2, -0.15) is 0 Å². The summed E-state index contributed by atoms with van der Waals surface area (Å²) in [6.07, 6.45) is 1.76. The molecule has 0 aliphatic heterocycles. The monoisotopic (exact) mass is 311 g/mol. The van der Waals surface area contributed by atoms with E-state index in [4.69, 9.17) is 9.47 Å². The van der Waals surface area contributed by atoms with E-state index in [9.17, 15) is 9.90 Å². The molecule has 2 aromatic carbocycles. The van der Waals surface area contributed by atoms with Gasteiger partial charge in [-0.25, -0.2) is 0 Å². The van der Waals surface area contributed by atoms with E-state index in [1.807, 2.05) is 26.0 Å². The van der Waals surface area contributed by atoms with Crippen LogP contribution < -0.4 is 14.6 Å². The van der Waals surface area contributed by atoms with E-state index in [-0.39, 0.29) is 5.56 Å². The number of ether oxygens (including phenoxy) is 2. The SMILES string of the molecule is COc1ccc2c(c1C)CCc1c-2cc(C(=O)[O-])c(OC)c1C. The van der Waals surface area contributed by atoms with Gasteiger partial charge in [0.05, 0.1) is 20.2 Å². The fourth-order valence-corrected chi connectivity index (χ4v) is 3.60. The van der Waals surface area contributed by atoms with Crippen LogP contribution >= 0.6 is 0 Å². The third-order valence-electron chi connectivity index (χ3n) is 4.76. The zero-order valence-corrected chi connectivity index (χ0v) is 13.8. The standard InChI is InChI=1S/C19H20O4/c1-10-12-5-6-13-11(2)18(23-4)16(19(20)21)9-15(13)14(12)7-8-17(10)22-3/h7-9H,5-6H2,1-4H3,(H,20,21)/p-1. The van der Waals surface area contributed by atoms with Crippen LogP contribution in [0.1, 0.15) is 32.6 Å². The summed E-state index contributed by atoms with van der Waals surface area (Å²) in [5.74, 6) is 0.0418. The number of fused-ring (bicyclic) bond motifs is 3. The average molecular weight is 311 g/mol. The maximum absolute atomic E-state index is 11.5. The summed E-state index contributed by atoms with van der Waals surface area (Å²) in [7, 11) is 3.15. The quantitative estimate of drug-likeness (QED) is 0.873. The summed E-state index contributed by atoms with van der Waals surface area (Å²) in [5.41, 5.74) is 6.47. The van der Waals surface area contributed by atoms with E-state index in [0.717, 1.165) is 46.4 Å². The van der Waals surface area contributed by atoms with Crippen molar-refractivity contribution in [2.75, 3.05) is 14.2 Å². The van der Waals surface area contributed by atoms with Crippen molar-refractivity contribution >= 4 is 5.97 Å². The van der Waals surface area contributed by atoms with Crippen molar-refractivity contribution in [1.82, 2.24) is 0 Å². The van der Waals surface area contributed by atoms with Gasteiger partial charge in [0.1, 0.15) is 11.5 Å². The minimum atomic E-state index is -1.22. The summed E-state index contributed by atoms with van der Waals surface area (Å²) in [6, 6.07) is 5.62. The zero-order valence-electron chi connectivity index (χ0n) is 13.8. The van der Waals surface area contributed by atoms with Crippen molar-refractivity contribution in [2.45, 2.75) is 26.7 Å². The number of carboxylic acids is 1. The molecule has 0 fully saturated rings. The molecule has 4 nitrogen and oxygen atoms in total. The van der Waals surface area contributed by atoms with E-state index in [1.54, 1.807) is 13.2 Å². The Morgan fingerprint density at radius 2 is 1.65 bits per heavy atom. The number of rotatable bonds is 3. The van der Waals surface area contributed by atoms with Crippen LogP contribution in [0.15, 0.2) is 18.2 Å². The molecular formula is C19H19O4-. The van der Waals surface area contributed by atoms with E-state index >= 15 is 0 Å². The molecule has 4 heteroatoms. The minimum absolute atomic E-state index is 0.102. The lowest BCUT2D eigenvalue weighted by Crippen LogP contribution is -2.24. The molecule has 1 aliphatic rings. The summed E-state index contributed by atoms with van der Waals surface area (Å²) < 4.78 is 10.7. The van der Waals surface area contributed by atoms with Gasteiger partial charge in [-0.05, 0) is 72.2 Å². The maximum Gasteiger partial charge on any atom is 0.131 e. The molecule has 0 N–H and O–H groups in total. The second-order valence-corrected chi connectivity index (χ2v) is 5.81. The Balaban J connectivity index is 2.31. The van der Waals surface area contributed by atoms with Crippen LogP contribution in [0.25, 0.3) is 11.1 Å². The smallest absolute Gasteiger partial charge is 0.131 e. The number of methoxy groups -OCH3 is 2. The fraction of sp³-hybridized carbons (Fsp3) is 0.316. The Morgan fingerprint density at radius 1 is 1.00 bits per heavy atom. The van der Waals surface area contributed by atoms with Crippen LogP contribution in [0.4, 0.5) is 0 Å². The maximum atomic E-state index is 11.5. The van der Waals surface area contributed by atoms with Crippen molar-refractivity contribution in [2.24, 2.45) is 0 Å². The van der Waals surface area contributed by atoms with Gasteiger partial charge in [-0.1, -0.05) is 6.07 Å². The predicted molar refractivity (Wildman–Crippen MR) is 86.2 cm³/mol. The highest BCUT2D eigenvalue weighted by Gasteiger charge is 2.24. The zero-order chi connectivity index (χ0) is 16.7. The molecule has 23 heavy (non-hydrogen) atoms. The van der Waals surface area contributed by atoms with Gasteiger partial charge in [-0.15, -0.1) is 0 Å². The Kier molecular flexibility index (Phi) is 3.76. The lowest BCUT2D eigenvalue weighted by Gasteiger charge is -2.27. The largest absolute Gasteiger partial charge is 0.545 e. The number of hydrogen-bond donors (Lipinski definition) is 0. The molecular weight excluding hydrogens is 292 g/mol. The highest BCUT2D eigenvalue weighted by atomic mass is 16.5. The number of carbonyl (C=O) groups excluding carboxylic acids is 1. The average Bonchev–Trinajstić information content (AvgIpc) is 2.54. The molecule has 0 saturated heterocycles. The lowest BCUT2D eigenvalue weighted by atomic mass is 9.80. The molecule has 0 spiro atoms. The second-order valence-electron chi connectivity index (χ2n) is 5.81. The first-order valence-corrected chi connectivity index (χ1v) is 7.58. The molecule has 0 amide bonds. The number of hydrogen-bond acceptors (Lipinski definition) is 4. The van der Waals surface area contributed by atoms with Crippen molar-refractivity contribution in [3.05, 3.63) is 46.0 Å². The third-order valence-corrected chi connectivity index (χ3v) is 4.76. The summed E-state index contributed by atoms with van der Waals surface area (Å²) in [6.45, 7) is 3.95. The number of carbonyl (C=O) groups is 1. The van der Waals surface area contributed by atoms with E-state index in [0.29, 0.717) is 5.75 Å². The molecule has 0 bridgehead atoms. The molecule has 0 radical (unpaired) electrons. The Morgan fingerprint density at radius 3 is 2.22 bits per heavy atom. The van der Waals surface area contributed by atoms with Crippen molar-refractivity contribution in [1.29, 1.82) is 0 Å². The number of aromatic carboxylic acids is 1. The first kappa shape index (κ1) is 15.4. The third kappa shape index (κ3) is 2.25. The normalized spacial score (nSPS) is 12.3.